The van der Waals surface area contributed by atoms with E-state index in [1.165, 1.54) is 31.4 Å². The quantitative estimate of drug-likeness (QED) is 0.646. The Morgan fingerprint density at radius 3 is 2.76 bits per heavy atom. The zero-order chi connectivity index (χ0) is 12.2. The molecule has 17 heavy (non-hydrogen) atoms. The minimum Gasteiger partial charge on any atom is -0.276 e. The van der Waals surface area contributed by atoms with Gasteiger partial charge in [0.1, 0.15) is 11.5 Å². The van der Waals surface area contributed by atoms with E-state index in [2.05, 4.69) is 4.98 Å². The SMILES string of the molecule is CN1C(=O)c2ncc3cc(F)ccc3c2C1=O. The molecule has 1 aromatic heterocycles. The van der Waals surface area contributed by atoms with Crippen LogP contribution in [0.1, 0.15) is 20.8 Å². The highest BCUT2D eigenvalue weighted by Crippen LogP contribution is 2.27. The van der Waals surface area contributed by atoms with Crippen LogP contribution in [0.3, 0.4) is 0 Å². The fourth-order valence-corrected chi connectivity index (χ4v) is 1.99. The van der Waals surface area contributed by atoms with Crippen molar-refractivity contribution in [3.8, 4) is 0 Å². The maximum Gasteiger partial charge on any atom is 0.279 e. The van der Waals surface area contributed by atoms with Crippen molar-refractivity contribution in [1.29, 1.82) is 0 Å². The largest absolute Gasteiger partial charge is 0.279 e. The van der Waals surface area contributed by atoms with Gasteiger partial charge in [0.25, 0.3) is 11.8 Å². The number of aromatic nitrogens is 1. The summed E-state index contributed by atoms with van der Waals surface area (Å²) in [6, 6.07) is 4.05. The second-order valence-corrected chi connectivity index (χ2v) is 3.88. The summed E-state index contributed by atoms with van der Waals surface area (Å²) in [6.45, 7) is 0. The Morgan fingerprint density at radius 1 is 1.24 bits per heavy atom. The highest BCUT2D eigenvalue weighted by atomic mass is 19.1. The summed E-state index contributed by atoms with van der Waals surface area (Å²) >= 11 is 0. The van der Waals surface area contributed by atoms with Crippen molar-refractivity contribution in [3.05, 3.63) is 41.5 Å². The van der Waals surface area contributed by atoms with Gasteiger partial charge in [-0.1, -0.05) is 6.07 Å². The van der Waals surface area contributed by atoms with E-state index < -0.39 is 17.6 Å². The van der Waals surface area contributed by atoms with Gasteiger partial charge in [0.15, 0.2) is 0 Å². The monoisotopic (exact) mass is 230 g/mol. The average Bonchev–Trinajstić information content (AvgIpc) is 2.54. The number of benzene rings is 1. The van der Waals surface area contributed by atoms with Crippen LogP contribution in [0.15, 0.2) is 24.4 Å². The summed E-state index contributed by atoms with van der Waals surface area (Å²) in [6.07, 6.45) is 1.40. The second kappa shape index (κ2) is 3.10. The van der Waals surface area contributed by atoms with Gasteiger partial charge >= 0.3 is 0 Å². The normalized spacial score (nSPS) is 14.6. The number of rotatable bonds is 0. The molecule has 3 rings (SSSR count). The first-order chi connectivity index (χ1) is 8.09. The Kier molecular flexibility index (Phi) is 1.80. The van der Waals surface area contributed by atoms with Gasteiger partial charge in [0.05, 0.1) is 5.56 Å². The molecule has 84 valence electrons. The molecule has 0 spiro atoms. The highest BCUT2D eigenvalue weighted by molar-refractivity contribution is 6.25. The molecule has 1 aromatic carbocycles. The first kappa shape index (κ1) is 9.89. The van der Waals surface area contributed by atoms with Crippen molar-refractivity contribution in [3.63, 3.8) is 0 Å². The van der Waals surface area contributed by atoms with Crippen molar-refractivity contribution >= 4 is 22.6 Å². The average molecular weight is 230 g/mol. The number of hydrogen-bond donors (Lipinski definition) is 0. The van der Waals surface area contributed by atoms with E-state index in [-0.39, 0.29) is 11.3 Å². The molecular weight excluding hydrogens is 223 g/mol. The number of pyridine rings is 1. The maximum atomic E-state index is 13.0. The van der Waals surface area contributed by atoms with Crippen LogP contribution >= 0.6 is 0 Å². The maximum absolute atomic E-state index is 13.0. The Hall–Kier alpha value is -2.30. The van der Waals surface area contributed by atoms with Crippen LogP contribution in [0.4, 0.5) is 4.39 Å². The number of fused-ring (bicyclic) bond motifs is 3. The predicted molar refractivity (Wildman–Crippen MR) is 58.1 cm³/mol. The molecule has 0 aliphatic carbocycles. The number of nitrogens with zero attached hydrogens (tertiary/aromatic N) is 2. The minimum atomic E-state index is -0.420. The van der Waals surface area contributed by atoms with Gasteiger partial charge in [-0.15, -0.1) is 0 Å². The van der Waals surface area contributed by atoms with Gasteiger partial charge in [0, 0.05) is 18.6 Å². The van der Waals surface area contributed by atoms with Crippen LogP contribution in [-0.2, 0) is 0 Å². The molecule has 1 aliphatic heterocycles. The summed E-state index contributed by atoms with van der Waals surface area (Å²) in [7, 11) is 1.40. The van der Waals surface area contributed by atoms with E-state index in [0.717, 1.165) is 4.90 Å². The lowest BCUT2D eigenvalue weighted by atomic mass is 10.1. The third-order valence-corrected chi connectivity index (χ3v) is 2.88. The molecule has 2 aromatic rings. The van der Waals surface area contributed by atoms with E-state index in [9.17, 15) is 14.0 Å². The lowest BCUT2D eigenvalue weighted by Gasteiger charge is -2.03. The summed E-state index contributed by atoms with van der Waals surface area (Å²) in [5.74, 6) is -1.21. The van der Waals surface area contributed by atoms with Gasteiger partial charge in [0.2, 0.25) is 0 Å². The zero-order valence-corrected chi connectivity index (χ0v) is 8.90. The number of carbonyl (C=O) groups is 2. The van der Waals surface area contributed by atoms with E-state index in [1.54, 1.807) is 0 Å². The summed E-state index contributed by atoms with van der Waals surface area (Å²) in [5, 5.41) is 1.07. The topological polar surface area (TPSA) is 50.3 Å². The number of halogens is 1. The smallest absolute Gasteiger partial charge is 0.276 e. The first-order valence-electron chi connectivity index (χ1n) is 5.00. The lowest BCUT2D eigenvalue weighted by Crippen LogP contribution is -2.24. The van der Waals surface area contributed by atoms with Crippen molar-refractivity contribution < 1.29 is 14.0 Å². The number of carbonyl (C=O) groups excluding carboxylic acids is 2. The lowest BCUT2D eigenvalue weighted by molar-refractivity contribution is 0.0692. The molecular formula is C12H7FN2O2. The van der Waals surface area contributed by atoms with Crippen molar-refractivity contribution in [2.75, 3.05) is 7.05 Å². The molecule has 0 saturated heterocycles. The summed E-state index contributed by atoms with van der Waals surface area (Å²) in [5.41, 5.74) is 0.395. The third-order valence-electron chi connectivity index (χ3n) is 2.88. The molecule has 0 radical (unpaired) electrons. The molecule has 0 fully saturated rings. The van der Waals surface area contributed by atoms with Gasteiger partial charge in [-0.3, -0.25) is 14.5 Å². The molecule has 2 amide bonds. The molecule has 0 bridgehead atoms. The molecule has 5 heteroatoms. The molecule has 0 atom stereocenters. The van der Waals surface area contributed by atoms with Crippen LogP contribution in [0.25, 0.3) is 10.8 Å². The first-order valence-corrected chi connectivity index (χ1v) is 5.00. The van der Waals surface area contributed by atoms with Gasteiger partial charge in [-0.2, -0.15) is 0 Å². The van der Waals surface area contributed by atoms with E-state index in [0.29, 0.717) is 10.8 Å². The molecule has 4 nitrogen and oxygen atoms in total. The fraction of sp³-hybridized carbons (Fsp3) is 0.0833. The standard InChI is InChI=1S/C12H7FN2O2/c1-15-11(16)9-8-3-2-7(13)4-6(8)5-14-10(9)12(15)17/h2-5H,1H3. The van der Waals surface area contributed by atoms with Crippen LogP contribution < -0.4 is 0 Å². The van der Waals surface area contributed by atoms with Gasteiger partial charge < -0.3 is 0 Å². The Bertz CT molecular complexity index is 682. The van der Waals surface area contributed by atoms with Crippen molar-refractivity contribution in [2.45, 2.75) is 0 Å². The summed E-state index contributed by atoms with van der Waals surface area (Å²) in [4.78, 5) is 28.5. The molecule has 0 unspecified atom stereocenters. The van der Waals surface area contributed by atoms with Crippen molar-refractivity contribution in [2.24, 2.45) is 0 Å². The van der Waals surface area contributed by atoms with Crippen LogP contribution in [0.5, 0.6) is 0 Å². The fourth-order valence-electron chi connectivity index (χ4n) is 1.99. The summed E-state index contributed by atoms with van der Waals surface area (Å²) < 4.78 is 13.0. The minimum absolute atomic E-state index is 0.136. The van der Waals surface area contributed by atoms with Crippen LogP contribution in [-0.4, -0.2) is 28.7 Å². The molecule has 0 N–H and O–H groups in total. The van der Waals surface area contributed by atoms with Crippen LogP contribution in [0.2, 0.25) is 0 Å². The Labute approximate surface area is 95.7 Å². The van der Waals surface area contributed by atoms with Gasteiger partial charge in [-0.05, 0) is 17.5 Å². The van der Waals surface area contributed by atoms with Crippen molar-refractivity contribution in [1.82, 2.24) is 9.88 Å². The highest BCUT2D eigenvalue weighted by Gasteiger charge is 2.35. The number of hydrogen-bond acceptors (Lipinski definition) is 3. The molecule has 0 saturated carbocycles. The zero-order valence-electron chi connectivity index (χ0n) is 8.90. The third kappa shape index (κ3) is 1.19. The van der Waals surface area contributed by atoms with Gasteiger partial charge in [-0.25, -0.2) is 9.37 Å². The molecule has 1 aliphatic rings. The number of amides is 2. The second-order valence-electron chi connectivity index (χ2n) is 3.88. The van der Waals surface area contributed by atoms with E-state index in [1.807, 2.05) is 0 Å². The molecule has 2 heterocycles. The number of imide groups is 1. The Morgan fingerprint density at radius 2 is 2.00 bits per heavy atom. The van der Waals surface area contributed by atoms with E-state index >= 15 is 0 Å². The van der Waals surface area contributed by atoms with Crippen LogP contribution in [0, 0.1) is 5.82 Å². The van der Waals surface area contributed by atoms with E-state index in [4.69, 9.17) is 0 Å². The Balaban J connectivity index is 2.42. The predicted octanol–water partition coefficient (Wildman–Crippen LogP) is 1.60.